The van der Waals surface area contributed by atoms with Gasteiger partial charge in [0.15, 0.2) is 0 Å². The molecule has 1 N–H and O–H groups in total. The maximum atomic E-state index is 13.5. The van der Waals surface area contributed by atoms with Gasteiger partial charge in [-0.3, -0.25) is 14.5 Å². The monoisotopic (exact) mass is 393 g/mol. The Hall–Kier alpha value is -2.83. The minimum absolute atomic E-state index is 0.0374. The van der Waals surface area contributed by atoms with Crippen molar-refractivity contribution >= 4 is 23.1 Å². The van der Waals surface area contributed by atoms with Crippen molar-refractivity contribution < 1.29 is 14.3 Å². The number of Topliss-reactive ketones (excluding diaryl/α,β-unsaturated/α-hetero) is 1. The highest BCUT2D eigenvalue weighted by Gasteiger charge is 2.33. The van der Waals surface area contributed by atoms with Crippen LogP contribution in [0.1, 0.15) is 12.5 Å². The largest absolute Gasteiger partial charge is 0.379 e. The molecule has 1 aliphatic heterocycles. The minimum atomic E-state index is -1.12. The Labute approximate surface area is 171 Å². The third kappa shape index (κ3) is 5.37. The molecule has 0 aromatic heterocycles. The van der Waals surface area contributed by atoms with Gasteiger partial charge in [-0.1, -0.05) is 48.5 Å². The van der Waals surface area contributed by atoms with Crippen LogP contribution in [0, 0.1) is 11.3 Å². The summed E-state index contributed by atoms with van der Waals surface area (Å²) in [5.74, 6) is -1.80. The third-order valence-electron chi connectivity index (χ3n) is 5.10. The second kappa shape index (κ2) is 10.1. The van der Waals surface area contributed by atoms with E-state index in [4.69, 9.17) is 10.1 Å². The number of hydrogen-bond acceptors (Lipinski definition) is 5. The summed E-state index contributed by atoms with van der Waals surface area (Å²) >= 11 is 0. The van der Waals surface area contributed by atoms with Crippen LogP contribution in [0.3, 0.4) is 0 Å². The molecule has 1 unspecified atom stereocenters. The number of carbonyl (C=O) groups is 2. The number of anilines is 1. The van der Waals surface area contributed by atoms with E-state index in [2.05, 4.69) is 4.90 Å². The van der Waals surface area contributed by atoms with Gasteiger partial charge in [-0.25, -0.2) is 0 Å². The maximum absolute atomic E-state index is 13.5. The number of benzene rings is 2. The first-order valence-corrected chi connectivity index (χ1v) is 9.89. The van der Waals surface area contributed by atoms with Crippen LogP contribution >= 0.6 is 0 Å². The molecular formula is C23H27N3O3. The molecular weight excluding hydrogens is 366 g/mol. The van der Waals surface area contributed by atoms with Crippen molar-refractivity contribution in [2.75, 3.05) is 44.3 Å². The molecule has 2 aromatic rings. The third-order valence-corrected chi connectivity index (χ3v) is 5.10. The van der Waals surface area contributed by atoms with Gasteiger partial charge in [0.1, 0.15) is 11.7 Å². The first kappa shape index (κ1) is 20.9. The fourth-order valence-electron chi connectivity index (χ4n) is 3.48. The molecule has 0 aliphatic carbocycles. The average Bonchev–Trinajstić information content (AvgIpc) is 2.76. The molecule has 1 fully saturated rings. The minimum Gasteiger partial charge on any atom is -0.379 e. The first-order chi connectivity index (χ1) is 14.1. The van der Waals surface area contributed by atoms with Crippen LogP contribution in [0.25, 0.3) is 0 Å². The molecule has 1 aliphatic rings. The zero-order valence-corrected chi connectivity index (χ0v) is 16.7. The van der Waals surface area contributed by atoms with Crippen molar-refractivity contribution in [1.29, 1.82) is 5.41 Å². The molecule has 6 nitrogen and oxygen atoms in total. The van der Waals surface area contributed by atoms with E-state index in [9.17, 15) is 9.59 Å². The number of morpholine rings is 1. The lowest BCUT2D eigenvalue weighted by molar-refractivity contribution is -0.128. The predicted octanol–water partition coefficient (Wildman–Crippen LogP) is 2.63. The fourth-order valence-corrected chi connectivity index (χ4v) is 3.48. The fraction of sp³-hybridized carbons (Fsp3) is 0.348. The number of amides is 1. The number of carbonyl (C=O) groups excluding carboxylic acids is 2. The Kier molecular flexibility index (Phi) is 7.27. The van der Waals surface area contributed by atoms with Crippen LogP contribution in [0.5, 0.6) is 0 Å². The van der Waals surface area contributed by atoms with Crippen molar-refractivity contribution in [3.8, 4) is 0 Å². The summed E-state index contributed by atoms with van der Waals surface area (Å²) < 4.78 is 5.39. The van der Waals surface area contributed by atoms with Crippen LogP contribution in [0.15, 0.2) is 60.7 Å². The maximum Gasteiger partial charge on any atom is 0.243 e. The summed E-state index contributed by atoms with van der Waals surface area (Å²) in [5, 5.41) is 8.54. The van der Waals surface area contributed by atoms with Gasteiger partial charge >= 0.3 is 0 Å². The molecule has 3 rings (SSSR count). The zero-order chi connectivity index (χ0) is 20.6. The lowest BCUT2D eigenvalue weighted by Gasteiger charge is -2.31. The summed E-state index contributed by atoms with van der Waals surface area (Å²) in [4.78, 5) is 29.8. The number of nitrogens with zero attached hydrogens (tertiary/aromatic N) is 2. The highest BCUT2D eigenvalue weighted by molar-refractivity contribution is 6.27. The van der Waals surface area contributed by atoms with E-state index in [-0.39, 0.29) is 17.4 Å². The zero-order valence-electron chi connectivity index (χ0n) is 16.7. The van der Waals surface area contributed by atoms with Gasteiger partial charge in [-0.15, -0.1) is 0 Å². The van der Waals surface area contributed by atoms with Crippen LogP contribution < -0.4 is 4.90 Å². The van der Waals surface area contributed by atoms with E-state index in [0.717, 1.165) is 18.8 Å². The van der Waals surface area contributed by atoms with Gasteiger partial charge in [-0.05, 0) is 24.6 Å². The van der Waals surface area contributed by atoms with Crippen LogP contribution in [0.4, 0.5) is 5.69 Å². The SMILES string of the molecule is CC(=O)C(C(=N)c1ccccc1)C(=O)N(CCN1CCOCC1)c1ccccc1. The van der Waals surface area contributed by atoms with Crippen molar-refractivity contribution in [3.05, 3.63) is 66.2 Å². The van der Waals surface area contributed by atoms with E-state index in [0.29, 0.717) is 31.9 Å². The van der Waals surface area contributed by atoms with Crippen LogP contribution in [0.2, 0.25) is 0 Å². The van der Waals surface area contributed by atoms with Crippen molar-refractivity contribution in [2.24, 2.45) is 5.92 Å². The highest BCUT2D eigenvalue weighted by atomic mass is 16.5. The van der Waals surface area contributed by atoms with Crippen molar-refractivity contribution in [1.82, 2.24) is 4.90 Å². The second-order valence-electron chi connectivity index (χ2n) is 7.10. The highest BCUT2D eigenvalue weighted by Crippen LogP contribution is 2.20. The number of ether oxygens (including phenoxy) is 1. The van der Waals surface area contributed by atoms with E-state index >= 15 is 0 Å². The van der Waals surface area contributed by atoms with Crippen molar-refractivity contribution in [2.45, 2.75) is 6.92 Å². The summed E-state index contributed by atoms with van der Waals surface area (Å²) in [6, 6.07) is 18.3. The molecule has 2 aromatic carbocycles. The Morgan fingerprint density at radius 2 is 1.62 bits per heavy atom. The Morgan fingerprint density at radius 3 is 2.21 bits per heavy atom. The Morgan fingerprint density at radius 1 is 1.03 bits per heavy atom. The van der Waals surface area contributed by atoms with Gasteiger partial charge < -0.3 is 15.0 Å². The molecule has 1 heterocycles. The lowest BCUT2D eigenvalue weighted by atomic mass is 9.92. The molecule has 29 heavy (non-hydrogen) atoms. The smallest absolute Gasteiger partial charge is 0.243 e. The van der Waals surface area contributed by atoms with Gasteiger partial charge in [0.05, 0.1) is 18.9 Å². The van der Waals surface area contributed by atoms with E-state index in [1.54, 1.807) is 29.2 Å². The second-order valence-corrected chi connectivity index (χ2v) is 7.10. The van der Waals surface area contributed by atoms with Crippen molar-refractivity contribution in [3.63, 3.8) is 0 Å². The number of nitrogens with one attached hydrogen (secondary N) is 1. The summed E-state index contributed by atoms with van der Waals surface area (Å²) in [6.07, 6.45) is 0. The standard InChI is InChI=1S/C23H27N3O3/c1-18(27)21(22(24)19-8-4-2-5-9-19)23(28)26(20-10-6-3-7-11-20)13-12-25-14-16-29-17-15-25/h2-11,21,24H,12-17H2,1H3. The number of para-hydroxylation sites is 1. The summed E-state index contributed by atoms with van der Waals surface area (Å²) in [5.41, 5.74) is 1.36. The predicted molar refractivity (Wildman–Crippen MR) is 113 cm³/mol. The molecule has 1 atom stereocenters. The van der Waals surface area contributed by atoms with Gasteiger partial charge in [0, 0.05) is 31.9 Å². The van der Waals surface area contributed by atoms with Gasteiger partial charge in [-0.2, -0.15) is 0 Å². The molecule has 1 saturated heterocycles. The number of hydrogen-bond donors (Lipinski definition) is 1. The number of rotatable bonds is 8. The molecule has 0 radical (unpaired) electrons. The van der Waals surface area contributed by atoms with E-state index in [1.165, 1.54) is 6.92 Å². The summed E-state index contributed by atoms with van der Waals surface area (Å²) in [7, 11) is 0. The molecule has 6 heteroatoms. The summed E-state index contributed by atoms with van der Waals surface area (Å²) in [6.45, 7) is 5.55. The number of ketones is 1. The normalized spacial score (nSPS) is 15.5. The molecule has 0 spiro atoms. The van der Waals surface area contributed by atoms with Crippen LogP contribution in [-0.2, 0) is 14.3 Å². The molecule has 1 amide bonds. The molecule has 0 bridgehead atoms. The quantitative estimate of drug-likeness (QED) is 0.553. The first-order valence-electron chi connectivity index (χ1n) is 9.89. The Balaban J connectivity index is 1.84. The Bertz CT molecular complexity index is 833. The average molecular weight is 393 g/mol. The van der Waals surface area contributed by atoms with E-state index in [1.807, 2.05) is 36.4 Å². The molecule has 152 valence electrons. The van der Waals surface area contributed by atoms with Gasteiger partial charge in [0.25, 0.3) is 0 Å². The molecule has 0 saturated carbocycles. The lowest BCUT2D eigenvalue weighted by Crippen LogP contribution is -2.47. The topological polar surface area (TPSA) is 73.7 Å². The van der Waals surface area contributed by atoms with E-state index < -0.39 is 5.92 Å². The van der Waals surface area contributed by atoms with Crippen LogP contribution in [-0.4, -0.2) is 61.7 Å². The van der Waals surface area contributed by atoms with Gasteiger partial charge in [0.2, 0.25) is 5.91 Å².